The lowest BCUT2D eigenvalue weighted by Gasteiger charge is -2.59. The van der Waals surface area contributed by atoms with Crippen LogP contribution < -0.4 is 5.32 Å². The van der Waals surface area contributed by atoms with E-state index in [2.05, 4.69) is 25.2 Å². The molecular weight excluding hydrogens is 370 g/mol. The van der Waals surface area contributed by atoms with Gasteiger partial charge in [-0.2, -0.15) is 0 Å². The van der Waals surface area contributed by atoms with Crippen molar-refractivity contribution in [1.82, 2.24) is 5.32 Å². The number of rotatable bonds is 0. The molecule has 0 unspecified atom stereocenters. The molecule has 3 saturated carbocycles. The Bertz CT molecular complexity index is 674. The number of hydrogen-bond donors (Lipinski definition) is 2. The number of ether oxygens (including phenoxy) is 1. The third-order valence-corrected chi connectivity index (χ3v) is 10.8. The zero-order valence-electron chi connectivity index (χ0n) is 17.9. The minimum atomic E-state index is -0.0952. The second kappa shape index (κ2) is 7.59. The zero-order chi connectivity index (χ0) is 19.1. The summed E-state index contributed by atoms with van der Waals surface area (Å²) in [5.74, 6) is 2.49. The molecule has 172 valence electrons. The predicted octanol–water partition coefficient (Wildman–Crippen LogP) is 5.86. The molecule has 6 rings (SSSR count). The fourth-order valence-electron chi connectivity index (χ4n) is 9.22. The van der Waals surface area contributed by atoms with Crippen LogP contribution in [0, 0.1) is 28.6 Å². The summed E-state index contributed by atoms with van der Waals surface area (Å²) in [6, 6.07) is 0.609. The lowest BCUT2D eigenvalue weighted by molar-refractivity contribution is -0.151. The van der Waals surface area contributed by atoms with E-state index in [9.17, 15) is 5.11 Å². The van der Waals surface area contributed by atoms with E-state index in [-0.39, 0.29) is 26.6 Å². The second-order valence-corrected chi connectivity index (χ2v) is 11.7. The quantitative estimate of drug-likeness (QED) is 0.485. The van der Waals surface area contributed by atoms with E-state index < -0.39 is 0 Å². The van der Waals surface area contributed by atoms with Crippen LogP contribution in [-0.2, 0) is 4.74 Å². The minimum absolute atomic E-state index is 0. The summed E-state index contributed by atoms with van der Waals surface area (Å²) < 4.78 is 7.00. The third-order valence-electron chi connectivity index (χ3n) is 10.8. The molecule has 5 fully saturated rings. The number of nitrogens with one attached hydrogen (secondary N) is 1. The van der Waals surface area contributed by atoms with Gasteiger partial charge in [0.1, 0.15) is 0 Å². The molecule has 4 aliphatic carbocycles. The van der Waals surface area contributed by atoms with Crippen LogP contribution in [0.3, 0.4) is 0 Å². The summed E-state index contributed by atoms with van der Waals surface area (Å²) in [4.78, 5) is 0. The predicted molar refractivity (Wildman–Crippen MR) is 124 cm³/mol. The van der Waals surface area contributed by atoms with Crippen molar-refractivity contribution in [1.29, 1.82) is 0 Å². The van der Waals surface area contributed by atoms with Crippen LogP contribution in [-0.4, -0.2) is 35.5 Å². The summed E-state index contributed by atoms with van der Waals surface area (Å²) in [6.45, 7) is 6.34. The largest absolute Gasteiger partial charge is 0.393 e. The summed E-state index contributed by atoms with van der Waals surface area (Å²) in [7, 11) is 0. The van der Waals surface area contributed by atoms with Crippen LogP contribution in [0.1, 0.15) is 99.3 Å². The van der Waals surface area contributed by atoms with Crippen molar-refractivity contribution in [3.05, 3.63) is 11.6 Å². The topological polar surface area (TPSA) is 41.5 Å². The first kappa shape index (κ1) is 22.8. The Hall–Kier alpha value is -0.380. The van der Waals surface area contributed by atoms with Gasteiger partial charge in [0.15, 0.2) is 0 Å². The molecule has 0 amide bonds. The smallest absolute Gasteiger partial charge is 0.0759 e. The molecule has 6 aliphatic rings. The number of aliphatic hydroxyl groups excluding tert-OH is 1. The van der Waals surface area contributed by atoms with E-state index in [4.69, 9.17) is 4.74 Å². The van der Waals surface area contributed by atoms with Crippen molar-refractivity contribution in [2.24, 2.45) is 28.6 Å². The highest BCUT2D eigenvalue weighted by Crippen LogP contribution is 2.69. The molecule has 2 saturated heterocycles. The monoisotopic (exact) mass is 417 g/mol. The van der Waals surface area contributed by atoms with Gasteiger partial charge in [-0.05, 0) is 106 Å². The Morgan fingerprint density at radius 3 is 2.63 bits per heavy atom. The van der Waals surface area contributed by atoms with E-state index in [0.717, 1.165) is 30.6 Å². The molecule has 2 N–H and O–H groups in total. The molecule has 9 atom stereocenters. The highest BCUT2D eigenvalue weighted by atomic mass is 16.5. The Balaban J connectivity index is 0.00000109. The van der Waals surface area contributed by atoms with E-state index in [1.807, 2.05) is 0 Å². The van der Waals surface area contributed by atoms with E-state index >= 15 is 0 Å². The van der Waals surface area contributed by atoms with Crippen LogP contribution in [0.2, 0.25) is 0 Å². The van der Waals surface area contributed by atoms with Gasteiger partial charge in [-0.3, -0.25) is 0 Å². The Morgan fingerprint density at radius 2 is 1.83 bits per heavy atom. The van der Waals surface area contributed by atoms with Gasteiger partial charge < -0.3 is 15.2 Å². The van der Waals surface area contributed by atoms with Crippen LogP contribution >= 0.6 is 0 Å². The maximum atomic E-state index is 10.2. The number of aliphatic hydroxyl groups is 1. The standard InChI is InChI=1S/C25H39NO2.2CH4/c1-23-10-7-17(27)14-16(23)5-6-18-19(23)8-11-24(2)20(18)9-12-25(24)15-21-22(28-25)4-3-13-26-21;;/h5,17-22,26-27H,3-4,6-15H2,1-2H3;2*1H4/t17-,18+,19-,20-,21-,22+,23-,24-,25+;;/m0../s1. The van der Waals surface area contributed by atoms with Gasteiger partial charge >= 0.3 is 0 Å². The molecule has 1 spiro atoms. The minimum Gasteiger partial charge on any atom is -0.393 e. The van der Waals surface area contributed by atoms with Crippen LogP contribution in [0.25, 0.3) is 0 Å². The third kappa shape index (κ3) is 2.87. The average Bonchev–Trinajstić information content (AvgIpc) is 3.20. The summed E-state index contributed by atoms with van der Waals surface area (Å²) in [6.07, 6.45) is 16.5. The van der Waals surface area contributed by atoms with E-state index in [0.29, 0.717) is 23.0 Å². The van der Waals surface area contributed by atoms with Crippen LogP contribution in [0.5, 0.6) is 0 Å². The molecule has 0 aromatic rings. The first-order valence-electron chi connectivity index (χ1n) is 12.2. The molecule has 3 nitrogen and oxygen atoms in total. The van der Waals surface area contributed by atoms with Gasteiger partial charge in [-0.1, -0.05) is 40.3 Å². The van der Waals surface area contributed by atoms with E-state index in [1.165, 1.54) is 64.3 Å². The Kier molecular flexibility index (Phi) is 5.77. The van der Waals surface area contributed by atoms with Gasteiger partial charge in [0.25, 0.3) is 0 Å². The van der Waals surface area contributed by atoms with Crippen molar-refractivity contribution in [2.75, 3.05) is 6.54 Å². The normalized spacial score (nSPS) is 54.0. The van der Waals surface area contributed by atoms with Gasteiger partial charge in [0.2, 0.25) is 0 Å². The fraction of sp³-hybridized carbons (Fsp3) is 0.926. The summed E-state index contributed by atoms with van der Waals surface area (Å²) in [5, 5.41) is 14.0. The first-order chi connectivity index (χ1) is 13.5. The SMILES string of the molecule is C.C.C[C@]12CC[C@H](O)CC1=CC[C@@H]1[C@@H]2CC[C@@]2(C)[C@H]1CC[C@@]21C[C@@H]2NCCC[C@H]2O1. The van der Waals surface area contributed by atoms with Gasteiger partial charge in [0.05, 0.1) is 17.8 Å². The molecule has 0 aromatic heterocycles. The number of fused-ring (bicyclic) bond motifs is 7. The Morgan fingerprint density at radius 1 is 1.03 bits per heavy atom. The summed E-state index contributed by atoms with van der Waals surface area (Å²) >= 11 is 0. The number of hydrogen-bond acceptors (Lipinski definition) is 3. The first-order valence-corrected chi connectivity index (χ1v) is 12.2. The Labute approximate surface area is 185 Å². The number of piperidine rings is 1. The van der Waals surface area contributed by atoms with Crippen molar-refractivity contribution < 1.29 is 9.84 Å². The maximum Gasteiger partial charge on any atom is 0.0759 e. The highest BCUT2D eigenvalue weighted by molar-refractivity contribution is 5.27. The molecule has 30 heavy (non-hydrogen) atoms. The maximum absolute atomic E-state index is 10.2. The second-order valence-electron chi connectivity index (χ2n) is 11.7. The lowest BCUT2D eigenvalue weighted by atomic mass is 9.47. The van der Waals surface area contributed by atoms with Crippen LogP contribution in [0.4, 0.5) is 0 Å². The van der Waals surface area contributed by atoms with Gasteiger partial charge in [-0.15, -0.1) is 0 Å². The fourth-order valence-corrected chi connectivity index (χ4v) is 9.22. The van der Waals surface area contributed by atoms with Gasteiger partial charge in [-0.25, -0.2) is 0 Å². The van der Waals surface area contributed by atoms with Crippen molar-refractivity contribution in [3.8, 4) is 0 Å². The number of allylic oxidation sites excluding steroid dienone is 1. The molecule has 3 heteroatoms. The molecular formula is C27H47NO2. The highest BCUT2D eigenvalue weighted by Gasteiger charge is 2.67. The van der Waals surface area contributed by atoms with Crippen molar-refractivity contribution in [2.45, 2.75) is 123 Å². The lowest BCUT2D eigenvalue weighted by Crippen LogP contribution is -2.54. The molecule has 0 aromatic carbocycles. The van der Waals surface area contributed by atoms with Gasteiger partial charge in [0, 0.05) is 6.04 Å². The van der Waals surface area contributed by atoms with Crippen molar-refractivity contribution in [3.63, 3.8) is 0 Å². The van der Waals surface area contributed by atoms with Crippen LogP contribution in [0.15, 0.2) is 11.6 Å². The molecule has 0 radical (unpaired) electrons. The average molecular weight is 418 g/mol. The molecule has 2 aliphatic heterocycles. The summed E-state index contributed by atoms with van der Waals surface area (Å²) in [5.41, 5.74) is 2.45. The molecule has 2 heterocycles. The zero-order valence-corrected chi connectivity index (χ0v) is 17.9. The molecule has 0 bridgehead atoms. The van der Waals surface area contributed by atoms with Crippen molar-refractivity contribution >= 4 is 0 Å². The van der Waals surface area contributed by atoms with E-state index in [1.54, 1.807) is 5.57 Å².